The van der Waals surface area contributed by atoms with Gasteiger partial charge in [0.2, 0.25) is 0 Å². The lowest BCUT2D eigenvalue weighted by Crippen LogP contribution is -2.65. The molecule has 1 unspecified atom stereocenters. The summed E-state index contributed by atoms with van der Waals surface area (Å²) in [5.41, 5.74) is 8.14. The number of urea groups is 1. The highest BCUT2D eigenvalue weighted by atomic mass is 79.9. The van der Waals surface area contributed by atoms with E-state index in [2.05, 4.69) is 26.6 Å². The lowest BCUT2D eigenvalue weighted by molar-refractivity contribution is -0.133. The zero-order valence-electron chi connectivity index (χ0n) is 19.9. The predicted octanol–water partition coefficient (Wildman–Crippen LogP) is 3.85. The van der Waals surface area contributed by atoms with Crippen molar-refractivity contribution in [2.75, 3.05) is 18.4 Å². The van der Waals surface area contributed by atoms with E-state index in [1.54, 1.807) is 24.3 Å². The maximum absolute atomic E-state index is 13.6. The van der Waals surface area contributed by atoms with E-state index < -0.39 is 12.2 Å². The zero-order valence-corrected chi connectivity index (χ0v) is 21.5. The molecule has 2 fully saturated rings. The molecule has 4 N–H and O–H groups in total. The Morgan fingerprint density at radius 2 is 1.69 bits per heavy atom. The Balaban J connectivity index is 1.59. The molecule has 35 heavy (non-hydrogen) atoms. The summed E-state index contributed by atoms with van der Waals surface area (Å²) in [6.45, 7) is 2.70. The molecular formula is C26H32BrN5O3. The van der Waals surface area contributed by atoms with Gasteiger partial charge < -0.3 is 21.3 Å². The van der Waals surface area contributed by atoms with Gasteiger partial charge >= 0.3 is 6.03 Å². The number of nitrogens with zero attached hydrogens (tertiary/aromatic N) is 2. The number of nitrogens with two attached hydrogens (primary N) is 1. The Labute approximate surface area is 214 Å². The number of hydrogen-bond donors (Lipinski definition) is 3. The molecule has 2 aromatic rings. The van der Waals surface area contributed by atoms with Crippen molar-refractivity contribution in [1.29, 1.82) is 0 Å². The van der Waals surface area contributed by atoms with Crippen molar-refractivity contribution < 1.29 is 14.4 Å². The molecule has 0 spiro atoms. The molecule has 0 aromatic heterocycles. The van der Waals surface area contributed by atoms with E-state index in [4.69, 9.17) is 5.73 Å². The van der Waals surface area contributed by atoms with E-state index in [9.17, 15) is 14.4 Å². The van der Waals surface area contributed by atoms with Crippen LogP contribution in [0.1, 0.15) is 48.0 Å². The van der Waals surface area contributed by atoms with Gasteiger partial charge in [0, 0.05) is 40.9 Å². The lowest BCUT2D eigenvalue weighted by Gasteiger charge is -2.43. The molecule has 1 aliphatic carbocycles. The first-order chi connectivity index (χ1) is 16.8. The quantitative estimate of drug-likeness (QED) is 0.546. The number of nitrogens with one attached hydrogen (secondary N) is 2. The molecular weight excluding hydrogens is 510 g/mol. The Morgan fingerprint density at radius 1 is 0.971 bits per heavy atom. The maximum Gasteiger partial charge on any atom is 0.323 e. The monoisotopic (exact) mass is 541 g/mol. The standard InChI is InChI=1S/C26H32BrN5O3/c1-17-5-2-8-22(15-17)30-26(35)32-14-4-13-31(25(34)18-6-3-7-19(27)16-18)24(32)23(33)29-21-11-9-20(28)10-12-21/h2-3,5-8,15-16,20-21,24H,4,9-14,28H2,1H3,(H,29,33)(H,30,35). The molecule has 0 bridgehead atoms. The molecule has 1 atom stereocenters. The molecule has 1 saturated carbocycles. The highest BCUT2D eigenvalue weighted by Gasteiger charge is 2.41. The molecule has 9 heteroatoms. The molecule has 8 nitrogen and oxygen atoms in total. The van der Waals surface area contributed by atoms with Crippen LogP contribution in [0.5, 0.6) is 0 Å². The molecule has 1 aliphatic heterocycles. The number of benzene rings is 2. The largest absolute Gasteiger partial charge is 0.350 e. The van der Waals surface area contributed by atoms with Crippen molar-refractivity contribution in [1.82, 2.24) is 15.1 Å². The van der Waals surface area contributed by atoms with Crippen LogP contribution in [0.4, 0.5) is 10.5 Å². The molecule has 0 radical (unpaired) electrons. The van der Waals surface area contributed by atoms with Crippen molar-refractivity contribution in [3.63, 3.8) is 0 Å². The van der Waals surface area contributed by atoms with Crippen LogP contribution in [0.2, 0.25) is 0 Å². The third-order valence-corrected chi connectivity index (χ3v) is 7.10. The Morgan fingerprint density at radius 3 is 2.40 bits per heavy atom. The summed E-state index contributed by atoms with van der Waals surface area (Å²) in [6, 6.07) is 14.3. The second-order valence-electron chi connectivity index (χ2n) is 9.35. The average molecular weight is 542 g/mol. The van der Waals surface area contributed by atoms with Crippen molar-refractivity contribution in [3.8, 4) is 0 Å². The second-order valence-corrected chi connectivity index (χ2v) is 10.3. The lowest BCUT2D eigenvalue weighted by atomic mass is 9.91. The Kier molecular flexibility index (Phi) is 8.07. The summed E-state index contributed by atoms with van der Waals surface area (Å²) in [5.74, 6) is -0.627. The zero-order chi connectivity index (χ0) is 24.9. The van der Waals surface area contributed by atoms with Crippen LogP contribution in [0, 0.1) is 6.92 Å². The van der Waals surface area contributed by atoms with Gasteiger partial charge in [-0.3, -0.25) is 14.5 Å². The third-order valence-electron chi connectivity index (χ3n) is 6.60. The minimum Gasteiger partial charge on any atom is -0.350 e. The normalized spacial score (nSPS) is 22.4. The number of carbonyl (C=O) groups excluding carboxylic acids is 3. The smallest absolute Gasteiger partial charge is 0.323 e. The summed E-state index contributed by atoms with van der Waals surface area (Å²) < 4.78 is 0.772. The van der Waals surface area contributed by atoms with Gasteiger partial charge in [0.25, 0.3) is 11.8 Å². The van der Waals surface area contributed by atoms with Gasteiger partial charge in [0.15, 0.2) is 6.17 Å². The van der Waals surface area contributed by atoms with E-state index in [1.807, 2.05) is 31.2 Å². The number of amides is 4. The number of aryl methyl sites for hydroxylation is 1. The summed E-state index contributed by atoms with van der Waals surface area (Å²) in [5, 5.41) is 6.00. The second kappa shape index (κ2) is 11.2. The fourth-order valence-corrected chi connectivity index (χ4v) is 5.18. The highest BCUT2D eigenvalue weighted by molar-refractivity contribution is 9.10. The maximum atomic E-state index is 13.6. The predicted molar refractivity (Wildman–Crippen MR) is 139 cm³/mol. The Bertz CT molecular complexity index is 1090. The minimum atomic E-state index is -1.05. The molecule has 1 saturated heterocycles. The van der Waals surface area contributed by atoms with Crippen LogP contribution in [0.15, 0.2) is 53.0 Å². The van der Waals surface area contributed by atoms with Crippen LogP contribution in [-0.4, -0.2) is 59.0 Å². The van der Waals surface area contributed by atoms with Crippen LogP contribution < -0.4 is 16.4 Å². The van der Waals surface area contributed by atoms with E-state index in [-0.39, 0.29) is 23.9 Å². The van der Waals surface area contributed by atoms with Gasteiger partial charge in [-0.15, -0.1) is 0 Å². The molecule has 4 rings (SSSR count). The number of hydrogen-bond acceptors (Lipinski definition) is 4. The topological polar surface area (TPSA) is 108 Å². The van der Waals surface area contributed by atoms with Crippen molar-refractivity contribution in [2.24, 2.45) is 5.73 Å². The third kappa shape index (κ3) is 6.21. The Hall–Kier alpha value is -2.91. The summed E-state index contributed by atoms with van der Waals surface area (Å²) in [7, 11) is 0. The number of halogens is 1. The first-order valence-corrected chi connectivity index (χ1v) is 12.9. The van der Waals surface area contributed by atoms with Crippen LogP contribution >= 0.6 is 15.9 Å². The van der Waals surface area contributed by atoms with Crippen molar-refractivity contribution in [2.45, 2.75) is 57.3 Å². The van der Waals surface area contributed by atoms with Crippen LogP contribution in [0.25, 0.3) is 0 Å². The van der Waals surface area contributed by atoms with Gasteiger partial charge in [0.05, 0.1) is 0 Å². The SMILES string of the molecule is Cc1cccc(NC(=O)N2CCCN(C(=O)c3cccc(Br)c3)C2C(=O)NC2CCC(N)CC2)c1. The minimum absolute atomic E-state index is 0.0197. The van der Waals surface area contributed by atoms with Crippen LogP contribution in [-0.2, 0) is 4.79 Å². The summed E-state index contributed by atoms with van der Waals surface area (Å²) in [6.07, 6.45) is 2.78. The number of rotatable bonds is 4. The molecule has 2 aliphatic rings. The van der Waals surface area contributed by atoms with Gasteiger partial charge in [-0.05, 0) is 74.9 Å². The van der Waals surface area contributed by atoms with Gasteiger partial charge in [0.1, 0.15) is 0 Å². The summed E-state index contributed by atoms with van der Waals surface area (Å²) in [4.78, 5) is 43.5. The number of carbonyl (C=O) groups is 3. The highest BCUT2D eigenvalue weighted by Crippen LogP contribution is 2.23. The van der Waals surface area contributed by atoms with Gasteiger partial charge in [-0.2, -0.15) is 0 Å². The fourth-order valence-electron chi connectivity index (χ4n) is 4.78. The van der Waals surface area contributed by atoms with E-state index in [1.165, 1.54) is 9.80 Å². The molecule has 1 heterocycles. The fraction of sp³-hybridized carbons (Fsp3) is 0.423. The molecule has 4 amide bonds. The van der Waals surface area contributed by atoms with Crippen molar-refractivity contribution >= 4 is 39.5 Å². The summed E-state index contributed by atoms with van der Waals surface area (Å²) >= 11 is 3.41. The van der Waals surface area contributed by atoms with E-state index in [0.717, 1.165) is 35.7 Å². The van der Waals surface area contributed by atoms with E-state index in [0.29, 0.717) is 30.8 Å². The van der Waals surface area contributed by atoms with Crippen LogP contribution in [0.3, 0.4) is 0 Å². The molecule has 2 aromatic carbocycles. The van der Waals surface area contributed by atoms with Gasteiger partial charge in [-0.25, -0.2) is 4.79 Å². The van der Waals surface area contributed by atoms with Crippen molar-refractivity contribution in [3.05, 3.63) is 64.1 Å². The molecule has 186 valence electrons. The first kappa shape index (κ1) is 25.2. The van der Waals surface area contributed by atoms with Gasteiger partial charge in [-0.1, -0.05) is 34.1 Å². The first-order valence-electron chi connectivity index (χ1n) is 12.1. The number of anilines is 1. The average Bonchev–Trinajstić information content (AvgIpc) is 2.84. The van der Waals surface area contributed by atoms with E-state index >= 15 is 0 Å².